The van der Waals surface area contributed by atoms with Crippen molar-refractivity contribution in [3.8, 4) is 0 Å². The van der Waals surface area contributed by atoms with E-state index in [2.05, 4.69) is 10.2 Å². The minimum Gasteiger partial charge on any atom is -0.379 e. The Balaban J connectivity index is 1.70. The lowest BCUT2D eigenvalue weighted by atomic mass is 10.2. The maximum Gasteiger partial charge on any atom is 0.173 e. The van der Waals surface area contributed by atoms with E-state index in [9.17, 15) is 8.78 Å². The third-order valence-electron chi connectivity index (χ3n) is 4.51. The van der Waals surface area contributed by atoms with E-state index in [1.165, 1.54) is 12.1 Å². The number of morpholine rings is 1. The SMILES string of the molecule is Fc1ccccc1CN(CCN1CCOCC1)C(=S)Nc1ccccc1F. The van der Waals surface area contributed by atoms with Crippen molar-refractivity contribution in [1.82, 2.24) is 9.80 Å². The quantitative estimate of drug-likeness (QED) is 0.761. The maximum atomic E-state index is 14.1. The Morgan fingerprint density at radius 1 is 1.04 bits per heavy atom. The molecule has 27 heavy (non-hydrogen) atoms. The Bertz CT molecular complexity index is 768. The zero-order valence-electron chi connectivity index (χ0n) is 15.0. The van der Waals surface area contributed by atoms with E-state index in [1.807, 2.05) is 4.90 Å². The molecule has 0 bridgehead atoms. The lowest BCUT2D eigenvalue weighted by Gasteiger charge is -2.31. The van der Waals surface area contributed by atoms with Crippen LogP contribution in [-0.2, 0) is 11.3 Å². The van der Waals surface area contributed by atoms with Gasteiger partial charge in [-0.15, -0.1) is 0 Å². The highest BCUT2D eigenvalue weighted by molar-refractivity contribution is 7.80. The summed E-state index contributed by atoms with van der Waals surface area (Å²) in [6, 6.07) is 13.0. The van der Waals surface area contributed by atoms with E-state index >= 15 is 0 Å². The van der Waals surface area contributed by atoms with E-state index in [0.717, 1.165) is 19.6 Å². The first kappa shape index (κ1) is 19.7. The summed E-state index contributed by atoms with van der Waals surface area (Å²) in [4.78, 5) is 4.15. The van der Waals surface area contributed by atoms with Crippen molar-refractivity contribution in [2.75, 3.05) is 44.7 Å². The van der Waals surface area contributed by atoms with Crippen molar-refractivity contribution in [2.45, 2.75) is 6.54 Å². The largest absolute Gasteiger partial charge is 0.379 e. The van der Waals surface area contributed by atoms with Gasteiger partial charge in [0.2, 0.25) is 0 Å². The molecule has 7 heteroatoms. The van der Waals surface area contributed by atoms with Crippen LogP contribution in [0.25, 0.3) is 0 Å². The zero-order valence-corrected chi connectivity index (χ0v) is 15.9. The summed E-state index contributed by atoms with van der Waals surface area (Å²) in [6.45, 7) is 4.85. The Hall–Kier alpha value is -2.09. The van der Waals surface area contributed by atoms with Crippen molar-refractivity contribution >= 4 is 23.0 Å². The number of nitrogens with zero attached hydrogens (tertiary/aromatic N) is 2. The average molecular weight is 391 g/mol. The van der Waals surface area contributed by atoms with Crippen molar-refractivity contribution < 1.29 is 13.5 Å². The fraction of sp³-hybridized carbons (Fsp3) is 0.350. The normalized spacial score (nSPS) is 14.7. The van der Waals surface area contributed by atoms with E-state index in [1.54, 1.807) is 36.4 Å². The molecule has 0 amide bonds. The Morgan fingerprint density at radius 3 is 2.41 bits per heavy atom. The highest BCUT2D eigenvalue weighted by Crippen LogP contribution is 2.16. The van der Waals surface area contributed by atoms with Gasteiger partial charge in [-0.1, -0.05) is 30.3 Å². The molecule has 0 saturated carbocycles. The van der Waals surface area contributed by atoms with Crippen LogP contribution in [0.2, 0.25) is 0 Å². The summed E-state index contributed by atoms with van der Waals surface area (Å²) in [5.41, 5.74) is 0.865. The van der Waals surface area contributed by atoms with Crippen LogP contribution in [0.1, 0.15) is 5.56 Å². The minimum absolute atomic E-state index is 0.275. The molecule has 4 nitrogen and oxygen atoms in total. The van der Waals surface area contributed by atoms with Crippen molar-refractivity contribution in [1.29, 1.82) is 0 Å². The molecule has 0 unspecified atom stereocenters. The molecule has 1 N–H and O–H groups in total. The molecule has 1 heterocycles. The van der Waals surface area contributed by atoms with Gasteiger partial charge in [0.1, 0.15) is 11.6 Å². The molecule has 2 aromatic rings. The summed E-state index contributed by atoms with van der Waals surface area (Å²) >= 11 is 5.51. The highest BCUT2D eigenvalue weighted by atomic mass is 32.1. The van der Waals surface area contributed by atoms with Gasteiger partial charge >= 0.3 is 0 Å². The first-order valence-corrected chi connectivity index (χ1v) is 9.38. The van der Waals surface area contributed by atoms with Crippen LogP contribution >= 0.6 is 12.2 Å². The number of hydrogen-bond donors (Lipinski definition) is 1. The van der Waals surface area contributed by atoms with E-state index in [0.29, 0.717) is 42.7 Å². The van der Waals surface area contributed by atoms with Gasteiger partial charge in [-0.3, -0.25) is 4.90 Å². The van der Waals surface area contributed by atoms with Gasteiger partial charge in [0, 0.05) is 38.3 Å². The third-order valence-corrected chi connectivity index (χ3v) is 4.87. The van der Waals surface area contributed by atoms with Crippen LogP contribution in [-0.4, -0.2) is 54.3 Å². The second kappa shape index (κ2) is 9.73. The summed E-state index contributed by atoms with van der Waals surface area (Å²) in [5, 5.41) is 3.33. The number of halogens is 2. The smallest absolute Gasteiger partial charge is 0.173 e. The monoisotopic (exact) mass is 391 g/mol. The number of para-hydroxylation sites is 1. The summed E-state index contributed by atoms with van der Waals surface area (Å²) in [5.74, 6) is -0.651. The predicted octanol–water partition coefficient (Wildman–Crippen LogP) is 3.50. The van der Waals surface area contributed by atoms with Crippen molar-refractivity contribution in [3.05, 3.63) is 65.7 Å². The maximum absolute atomic E-state index is 14.1. The van der Waals surface area contributed by atoms with E-state index < -0.39 is 0 Å². The summed E-state index contributed by atoms with van der Waals surface area (Å²) in [6.07, 6.45) is 0. The molecular formula is C20H23F2N3OS. The van der Waals surface area contributed by atoms with Gasteiger partial charge in [0.15, 0.2) is 5.11 Å². The van der Waals surface area contributed by atoms with Crippen LogP contribution in [0.4, 0.5) is 14.5 Å². The van der Waals surface area contributed by atoms with Gasteiger partial charge in [-0.25, -0.2) is 8.78 Å². The third kappa shape index (κ3) is 5.69. The molecule has 0 atom stereocenters. The van der Waals surface area contributed by atoms with Crippen LogP contribution in [0.5, 0.6) is 0 Å². The molecule has 3 rings (SSSR count). The fourth-order valence-corrected chi connectivity index (χ4v) is 3.19. The van der Waals surface area contributed by atoms with Gasteiger partial charge in [0.05, 0.1) is 18.9 Å². The molecule has 0 aliphatic carbocycles. The van der Waals surface area contributed by atoms with Gasteiger partial charge in [-0.2, -0.15) is 0 Å². The zero-order chi connectivity index (χ0) is 19.1. The molecular weight excluding hydrogens is 368 g/mol. The number of anilines is 1. The lowest BCUT2D eigenvalue weighted by Crippen LogP contribution is -2.44. The summed E-state index contributed by atoms with van der Waals surface area (Å²) < 4.78 is 33.5. The standard InChI is InChI=1S/C20H23F2N3OS/c21-17-6-2-1-5-16(17)15-25(10-9-24-11-13-26-14-12-24)20(27)23-19-8-4-3-7-18(19)22/h1-8H,9-15H2,(H,23,27). The predicted molar refractivity (Wildman–Crippen MR) is 107 cm³/mol. The van der Waals surface area contributed by atoms with Crippen LogP contribution < -0.4 is 5.32 Å². The van der Waals surface area contributed by atoms with Crippen LogP contribution in [0.3, 0.4) is 0 Å². The van der Waals surface area contributed by atoms with Crippen molar-refractivity contribution in [3.63, 3.8) is 0 Å². The molecule has 0 radical (unpaired) electrons. The van der Waals surface area contributed by atoms with Crippen LogP contribution in [0.15, 0.2) is 48.5 Å². The first-order chi connectivity index (χ1) is 13.1. The number of nitrogens with one attached hydrogen (secondary N) is 1. The molecule has 1 fully saturated rings. The molecule has 0 aromatic heterocycles. The minimum atomic E-state index is -0.376. The number of rotatable bonds is 6. The Morgan fingerprint density at radius 2 is 1.70 bits per heavy atom. The molecule has 0 spiro atoms. The number of hydrogen-bond acceptors (Lipinski definition) is 3. The molecule has 144 valence electrons. The first-order valence-electron chi connectivity index (χ1n) is 8.97. The van der Waals surface area contributed by atoms with Gasteiger partial charge in [-0.05, 0) is 30.4 Å². The lowest BCUT2D eigenvalue weighted by molar-refractivity contribution is 0.0358. The van der Waals surface area contributed by atoms with Gasteiger partial charge in [0.25, 0.3) is 0 Å². The Kier molecular flexibility index (Phi) is 7.09. The molecule has 1 saturated heterocycles. The number of ether oxygens (including phenoxy) is 1. The van der Waals surface area contributed by atoms with Crippen molar-refractivity contribution in [2.24, 2.45) is 0 Å². The molecule has 1 aliphatic heterocycles. The van der Waals surface area contributed by atoms with E-state index in [-0.39, 0.29) is 11.6 Å². The molecule has 1 aliphatic rings. The highest BCUT2D eigenvalue weighted by Gasteiger charge is 2.17. The van der Waals surface area contributed by atoms with E-state index in [4.69, 9.17) is 17.0 Å². The molecule has 2 aromatic carbocycles. The second-order valence-corrected chi connectivity index (χ2v) is 6.76. The number of thiocarbonyl (C=S) groups is 1. The average Bonchev–Trinajstić information content (AvgIpc) is 2.69. The Labute approximate surface area is 163 Å². The number of benzene rings is 2. The fourth-order valence-electron chi connectivity index (χ4n) is 2.93. The van der Waals surface area contributed by atoms with Gasteiger partial charge < -0.3 is 15.0 Å². The second-order valence-electron chi connectivity index (χ2n) is 6.38. The van der Waals surface area contributed by atoms with Crippen LogP contribution in [0, 0.1) is 11.6 Å². The topological polar surface area (TPSA) is 27.7 Å². The summed E-state index contributed by atoms with van der Waals surface area (Å²) in [7, 11) is 0.